The maximum absolute atomic E-state index is 12.9. The minimum atomic E-state index is -0.653. The van der Waals surface area contributed by atoms with E-state index in [0.717, 1.165) is 0 Å². The molecule has 0 aromatic heterocycles. The number of benzene rings is 1. The number of hydrogen-bond donors (Lipinski definition) is 0. The number of alkyl halides is 1. The molecule has 1 aromatic rings. The lowest BCUT2D eigenvalue weighted by atomic mass is 10.1. The normalized spacial score (nSPS) is 10.2. The van der Waals surface area contributed by atoms with Crippen LogP contribution in [0.1, 0.15) is 11.1 Å². The van der Waals surface area contributed by atoms with Crippen LogP contribution in [0, 0.1) is 12.7 Å². The summed E-state index contributed by atoms with van der Waals surface area (Å²) >= 11 is 5.45. The first-order valence-electron chi connectivity index (χ1n) is 3.16. The van der Waals surface area contributed by atoms with E-state index in [9.17, 15) is 8.78 Å². The second-order valence-corrected chi connectivity index (χ2v) is 2.69. The van der Waals surface area contributed by atoms with Crippen molar-refractivity contribution in [2.45, 2.75) is 13.6 Å². The first-order chi connectivity index (χ1) is 5.16. The Morgan fingerprint density at radius 3 is 2.64 bits per heavy atom. The third-order valence-corrected chi connectivity index (χ3v) is 1.89. The van der Waals surface area contributed by atoms with Gasteiger partial charge in [-0.1, -0.05) is 17.7 Å². The highest BCUT2D eigenvalue weighted by Crippen LogP contribution is 2.21. The molecule has 1 rings (SSSR count). The summed E-state index contributed by atoms with van der Waals surface area (Å²) in [6, 6.07) is 2.85. The molecule has 0 unspecified atom stereocenters. The lowest BCUT2D eigenvalue weighted by Gasteiger charge is -2.02. The number of halogens is 3. The Morgan fingerprint density at radius 2 is 2.09 bits per heavy atom. The summed E-state index contributed by atoms with van der Waals surface area (Å²) < 4.78 is 25.0. The monoisotopic (exact) mass is 176 g/mol. The maximum atomic E-state index is 12.9. The quantitative estimate of drug-likeness (QED) is 0.616. The molecule has 1 aromatic carbocycles. The molecular formula is C8H7ClF2. The molecule has 0 N–H and O–H groups in total. The Morgan fingerprint density at radius 1 is 1.45 bits per heavy atom. The van der Waals surface area contributed by atoms with Crippen LogP contribution in [0.25, 0.3) is 0 Å². The van der Waals surface area contributed by atoms with Crippen molar-refractivity contribution in [1.82, 2.24) is 0 Å². The SMILES string of the molecule is Cc1c(CF)ccc(Cl)c1F. The van der Waals surface area contributed by atoms with Crippen molar-refractivity contribution >= 4 is 11.6 Å². The van der Waals surface area contributed by atoms with Crippen molar-refractivity contribution in [2.75, 3.05) is 0 Å². The van der Waals surface area contributed by atoms with E-state index in [2.05, 4.69) is 0 Å². The van der Waals surface area contributed by atoms with E-state index in [1.807, 2.05) is 0 Å². The van der Waals surface area contributed by atoms with E-state index in [4.69, 9.17) is 11.6 Å². The molecule has 0 saturated carbocycles. The standard InChI is InChI=1S/C8H7ClF2/c1-5-6(4-10)2-3-7(9)8(5)11/h2-3H,4H2,1H3. The summed E-state index contributed by atoms with van der Waals surface area (Å²) in [5.41, 5.74) is 0.645. The van der Waals surface area contributed by atoms with Crippen LogP contribution in [0.5, 0.6) is 0 Å². The summed E-state index contributed by atoms with van der Waals surface area (Å²) in [6.45, 7) is 0.857. The minimum Gasteiger partial charge on any atom is -0.246 e. The van der Waals surface area contributed by atoms with Gasteiger partial charge in [-0.2, -0.15) is 0 Å². The lowest BCUT2D eigenvalue weighted by molar-refractivity contribution is 0.479. The third-order valence-electron chi connectivity index (χ3n) is 1.60. The number of rotatable bonds is 1. The van der Waals surface area contributed by atoms with E-state index in [1.54, 1.807) is 0 Å². The van der Waals surface area contributed by atoms with Crippen LogP contribution in [0.15, 0.2) is 12.1 Å². The van der Waals surface area contributed by atoms with Crippen molar-refractivity contribution in [3.8, 4) is 0 Å². The second-order valence-electron chi connectivity index (χ2n) is 2.28. The minimum absolute atomic E-state index is 0.0414. The van der Waals surface area contributed by atoms with Gasteiger partial charge in [0, 0.05) is 0 Å². The summed E-state index contributed by atoms with van der Waals surface area (Å²) in [7, 11) is 0. The van der Waals surface area contributed by atoms with Crippen LogP contribution in [-0.2, 0) is 6.67 Å². The first-order valence-corrected chi connectivity index (χ1v) is 3.54. The molecular weight excluding hydrogens is 170 g/mol. The molecule has 60 valence electrons. The van der Waals surface area contributed by atoms with E-state index < -0.39 is 12.5 Å². The Hall–Kier alpha value is -0.630. The molecule has 0 fully saturated rings. The zero-order valence-electron chi connectivity index (χ0n) is 6.00. The van der Waals surface area contributed by atoms with Gasteiger partial charge in [-0.25, -0.2) is 8.78 Å². The predicted octanol–water partition coefficient (Wildman–Crippen LogP) is 3.26. The van der Waals surface area contributed by atoms with Gasteiger partial charge >= 0.3 is 0 Å². The van der Waals surface area contributed by atoms with Gasteiger partial charge in [0.05, 0.1) is 5.02 Å². The molecule has 11 heavy (non-hydrogen) atoms. The highest BCUT2D eigenvalue weighted by Gasteiger charge is 2.06. The highest BCUT2D eigenvalue weighted by molar-refractivity contribution is 6.30. The zero-order valence-corrected chi connectivity index (χ0v) is 6.75. The Labute approximate surface area is 68.8 Å². The fourth-order valence-electron chi connectivity index (χ4n) is 0.837. The van der Waals surface area contributed by atoms with Crippen molar-refractivity contribution in [2.24, 2.45) is 0 Å². The van der Waals surface area contributed by atoms with E-state index in [0.29, 0.717) is 11.1 Å². The van der Waals surface area contributed by atoms with Crippen LogP contribution in [-0.4, -0.2) is 0 Å². The molecule has 0 saturated heterocycles. The average molecular weight is 177 g/mol. The van der Waals surface area contributed by atoms with Gasteiger partial charge in [0.15, 0.2) is 0 Å². The van der Waals surface area contributed by atoms with Crippen LogP contribution in [0.4, 0.5) is 8.78 Å². The lowest BCUT2D eigenvalue weighted by Crippen LogP contribution is -1.90. The largest absolute Gasteiger partial charge is 0.246 e. The molecule has 0 aliphatic carbocycles. The fraction of sp³-hybridized carbons (Fsp3) is 0.250. The Kier molecular flexibility index (Phi) is 2.45. The maximum Gasteiger partial charge on any atom is 0.145 e. The van der Waals surface area contributed by atoms with Gasteiger partial charge in [-0.15, -0.1) is 0 Å². The summed E-state index contributed by atoms with van der Waals surface area (Å²) in [4.78, 5) is 0. The van der Waals surface area contributed by atoms with Crippen molar-refractivity contribution in [3.05, 3.63) is 34.1 Å². The average Bonchev–Trinajstić information content (AvgIpc) is 2.01. The Balaban J connectivity index is 3.25. The summed E-state index contributed by atoms with van der Waals surface area (Å²) in [5, 5.41) is 0.0414. The topological polar surface area (TPSA) is 0 Å². The van der Waals surface area contributed by atoms with Gasteiger partial charge in [0.25, 0.3) is 0 Å². The van der Waals surface area contributed by atoms with Crippen LogP contribution in [0.2, 0.25) is 5.02 Å². The van der Waals surface area contributed by atoms with Gasteiger partial charge < -0.3 is 0 Å². The third kappa shape index (κ3) is 1.51. The molecule has 0 nitrogen and oxygen atoms in total. The van der Waals surface area contributed by atoms with E-state index in [1.165, 1.54) is 19.1 Å². The van der Waals surface area contributed by atoms with E-state index >= 15 is 0 Å². The fourth-order valence-corrected chi connectivity index (χ4v) is 1.04. The highest BCUT2D eigenvalue weighted by atomic mass is 35.5. The first kappa shape index (κ1) is 8.47. The van der Waals surface area contributed by atoms with Crippen LogP contribution >= 0.6 is 11.6 Å². The molecule has 3 heteroatoms. The number of hydrogen-bond acceptors (Lipinski definition) is 0. The van der Waals surface area contributed by atoms with Gasteiger partial charge in [-0.3, -0.25) is 0 Å². The Bertz CT molecular complexity index is 271. The molecule has 0 heterocycles. The molecule has 0 aliphatic heterocycles. The van der Waals surface area contributed by atoms with Gasteiger partial charge in [0.1, 0.15) is 12.5 Å². The second kappa shape index (κ2) is 3.18. The molecule has 0 amide bonds. The van der Waals surface area contributed by atoms with Gasteiger partial charge in [-0.05, 0) is 24.1 Å². The molecule has 0 bridgehead atoms. The van der Waals surface area contributed by atoms with Crippen molar-refractivity contribution in [1.29, 1.82) is 0 Å². The molecule has 0 aliphatic rings. The zero-order chi connectivity index (χ0) is 8.43. The van der Waals surface area contributed by atoms with Crippen LogP contribution < -0.4 is 0 Å². The molecule has 0 atom stereocenters. The summed E-state index contributed by atoms with van der Waals surface area (Å²) in [5.74, 6) is -0.526. The van der Waals surface area contributed by atoms with Crippen LogP contribution in [0.3, 0.4) is 0 Å². The van der Waals surface area contributed by atoms with Crippen molar-refractivity contribution in [3.63, 3.8) is 0 Å². The van der Waals surface area contributed by atoms with Crippen molar-refractivity contribution < 1.29 is 8.78 Å². The van der Waals surface area contributed by atoms with E-state index in [-0.39, 0.29) is 5.02 Å². The molecule has 0 radical (unpaired) electrons. The summed E-state index contributed by atoms with van der Waals surface area (Å²) in [6.07, 6.45) is 0. The molecule has 0 spiro atoms. The predicted molar refractivity (Wildman–Crippen MR) is 41.0 cm³/mol. The smallest absolute Gasteiger partial charge is 0.145 e. The van der Waals surface area contributed by atoms with Gasteiger partial charge in [0.2, 0.25) is 0 Å².